The van der Waals surface area contributed by atoms with Crippen LogP contribution in [0.15, 0.2) is 60.8 Å². The number of aromatic nitrogens is 1. The fourth-order valence-corrected chi connectivity index (χ4v) is 4.33. The fraction of sp³-hybridized carbons (Fsp3) is 0.375. The number of esters is 2. The third-order valence-corrected chi connectivity index (χ3v) is 6.63. The molecule has 13 nitrogen and oxygen atoms in total. The molecule has 1 aliphatic heterocycles. The summed E-state index contributed by atoms with van der Waals surface area (Å²) in [5.41, 5.74) is -0.277. The lowest BCUT2D eigenvalue weighted by Crippen LogP contribution is -2.48. The standard InChI is InChI=1S/C32H34F2N2O11/c1-4-41-17-27(37)43-18-44-30-25(40-3)13-14-35-28(30)31(38)36-24-15-42-16-26(46-22-9-5-20(33)6-10-22)29(19(2)45-32(24)39)47-23-11-7-21(34)8-12-23/h5-14,19,24,26,29H,4,15-18H2,1-3H3,(H,36,38). The summed E-state index contributed by atoms with van der Waals surface area (Å²) in [6.45, 7) is 2.21. The Morgan fingerprint density at radius 1 is 0.979 bits per heavy atom. The van der Waals surface area contributed by atoms with Crippen molar-refractivity contribution in [1.29, 1.82) is 0 Å². The topological polar surface area (TPSA) is 150 Å². The lowest BCUT2D eigenvalue weighted by Gasteiger charge is -2.31. The van der Waals surface area contributed by atoms with Gasteiger partial charge in [-0.05, 0) is 62.4 Å². The summed E-state index contributed by atoms with van der Waals surface area (Å²) in [6.07, 6.45) is -1.60. The van der Waals surface area contributed by atoms with Crippen molar-refractivity contribution in [3.8, 4) is 23.0 Å². The summed E-state index contributed by atoms with van der Waals surface area (Å²) in [5, 5.41) is 2.53. The van der Waals surface area contributed by atoms with Gasteiger partial charge >= 0.3 is 11.9 Å². The summed E-state index contributed by atoms with van der Waals surface area (Å²) in [4.78, 5) is 42.6. The van der Waals surface area contributed by atoms with Gasteiger partial charge in [0.1, 0.15) is 35.8 Å². The normalized spacial score (nSPS) is 19.6. The van der Waals surface area contributed by atoms with Gasteiger partial charge in [0.05, 0.1) is 20.3 Å². The van der Waals surface area contributed by atoms with Crippen LogP contribution in [0.1, 0.15) is 24.3 Å². The second-order valence-corrected chi connectivity index (χ2v) is 9.96. The fourth-order valence-electron chi connectivity index (χ4n) is 4.33. The van der Waals surface area contributed by atoms with Crippen molar-refractivity contribution in [3.05, 3.63) is 78.1 Å². The van der Waals surface area contributed by atoms with Crippen LogP contribution in [-0.2, 0) is 28.5 Å². The molecule has 1 aliphatic rings. The van der Waals surface area contributed by atoms with Crippen molar-refractivity contribution in [2.24, 2.45) is 0 Å². The maximum Gasteiger partial charge on any atom is 0.334 e. The number of pyridine rings is 1. The number of carbonyl (C=O) groups is 3. The maximum atomic E-state index is 13.6. The molecule has 0 bridgehead atoms. The molecule has 4 atom stereocenters. The first-order chi connectivity index (χ1) is 22.7. The van der Waals surface area contributed by atoms with E-state index in [0.717, 1.165) is 0 Å². The number of nitrogens with zero attached hydrogens (tertiary/aromatic N) is 1. The van der Waals surface area contributed by atoms with Crippen molar-refractivity contribution in [2.45, 2.75) is 38.2 Å². The number of cyclic esters (lactones) is 1. The van der Waals surface area contributed by atoms with Gasteiger partial charge in [0.25, 0.3) is 5.91 Å². The summed E-state index contributed by atoms with van der Waals surface area (Å²) < 4.78 is 71.5. The molecule has 1 amide bonds. The largest absolute Gasteiger partial charge is 0.493 e. The number of nitrogens with one attached hydrogen (secondary N) is 1. The Kier molecular flexibility index (Phi) is 12.6. The van der Waals surface area contributed by atoms with Gasteiger partial charge in [-0.2, -0.15) is 0 Å². The van der Waals surface area contributed by atoms with Crippen LogP contribution in [0.25, 0.3) is 0 Å². The Balaban J connectivity index is 1.51. The summed E-state index contributed by atoms with van der Waals surface area (Å²) >= 11 is 0. The zero-order valence-corrected chi connectivity index (χ0v) is 25.8. The number of rotatable bonds is 13. The number of ether oxygens (including phenoxy) is 8. The van der Waals surface area contributed by atoms with Crippen LogP contribution in [-0.4, -0.2) is 87.5 Å². The molecule has 47 heavy (non-hydrogen) atoms. The van der Waals surface area contributed by atoms with Crippen molar-refractivity contribution in [2.75, 3.05) is 40.3 Å². The van der Waals surface area contributed by atoms with E-state index in [1.165, 1.54) is 67.9 Å². The van der Waals surface area contributed by atoms with Crippen LogP contribution in [0.5, 0.6) is 23.0 Å². The molecule has 15 heteroatoms. The zero-order chi connectivity index (χ0) is 33.8. The Morgan fingerprint density at radius 2 is 1.64 bits per heavy atom. The molecule has 1 N–H and O–H groups in total. The van der Waals surface area contributed by atoms with Gasteiger partial charge in [-0.1, -0.05) is 0 Å². The highest BCUT2D eigenvalue weighted by Crippen LogP contribution is 2.30. The van der Waals surface area contributed by atoms with E-state index in [9.17, 15) is 23.2 Å². The van der Waals surface area contributed by atoms with Gasteiger partial charge in [-0.3, -0.25) is 4.79 Å². The molecule has 4 rings (SSSR count). The highest BCUT2D eigenvalue weighted by atomic mass is 19.1. The molecule has 0 radical (unpaired) electrons. The zero-order valence-electron chi connectivity index (χ0n) is 25.8. The van der Waals surface area contributed by atoms with Crippen LogP contribution in [0, 0.1) is 11.6 Å². The minimum absolute atomic E-state index is 0.106. The van der Waals surface area contributed by atoms with Gasteiger partial charge in [0, 0.05) is 18.9 Å². The third kappa shape index (κ3) is 9.98. The van der Waals surface area contributed by atoms with Gasteiger partial charge in [0.2, 0.25) is 6.79 Å². The number of amides is 1. The van der Waals surface area contributed by atoms with Gasteiger partial charge in [-0.15, -0.1) is 0 Å². The molecule has 1 saturated heterocycles. The summed E-state index contributed by atoms with van der Waals surface area (Å²) in [5.74, 6) is -2.85. The van der Waals surface area contributed by atoms with Crippen molar-refractivity contribution in [3.63, 3.8) is 0 Å². The van der Waals surface area contributed by atoms with E-state index in [-0.39, 0.29) is 48.5 Å². The molecule has 2 heterocycles. The molecule has 1 fully saturated rings. The average Bonchev–Trinajstić information content (AvgIpc) is 3.11. The van der Waals surface area contributed by atoms with E-state index in [1.54, 1.807) is 13.8 Å². The second-order valence-electron chi connectivity index (χ2n) is 9.96. The first-order valence-electron chi connectivity index (χ1n) is 14.5. The molecule has 0 aliphatic carbocycles. The molecule has 252 valence electrons. The van der Waals surface area contributed by atoms with Crippen LogP contribution in [0.2, 0.25) is 0 Å². The maximum absolute atomic E-state index is 13.6. The molecule has 0 spiro atoms. The number of hydrogen-bond donors (Lipinski definition) is 1. The van der Waals surface area contributed by atoms with Gasteiger partial charge in [-0.25, -0.2) is 23.4 Å². The highest BCUT2D eigenvalue weighted by Gasteiger charge is 2.38. The van der Waals surface area contributed by atoms with E-state index in [0.29, 0.717) is 6.61 Å². The molecular weight excluding hydrogens is 626 g/mol. The van der Waals surface area contributed by atoms with E-state index < -0.39 is 60.6 Å². The molecule has 3 aromatic rings. The van der Waals surface area contributed by atoms with Crippen molar-refractivity contribution in [1.82, 2.24) is 10.3 Å². The minimum Gasteiger partial charge on any atom is -0.493 e. The predicted molar refractivity (Wildman–Crippen MR) is 158 cm³/mol. The Labute approximate surface area is 269 Å². The van der Waals surface area contributed by atoms with Crippen LogP contribution in [0.3, 0.4) is 0 Å². The minimum atomic E-state index is -1.33. The Bertz CT molecular complexity index is 1490. The molecular formula is C32H34F2N2O11. The van der Waals surface area contributed by atoms with Gasteiger partial charge in [0.15, 0.2) is 35.4 Å². The lowest BCUT2D eigenvalue weighted by atomic mass is 10.1. The van der Waals surface area contributed by atoms with Crippen LogP contribution >= 0.6 is 0 Å². The number of halogens is 2. The number of hydrogen-bond acceptors (Lipinski definition) is 12. The van der Waals surface area contributed by atoms with Crippen LogP contribution < -0.4 is 24.3 Å². The van der Waals surface area contributed by atoms with E-state index in [1.807, 2.05) is 0 Å². The number of benzene rings is 2. The smallest absolute Gasteiger partial charge is 0.334 e. The predicted octanol–water partition coefficient (Wildman–Crippen LogP) is 3.24. The quantitative estimate of drug-likeness (QED) is 0.212. The monoisotopic (exact) mass is 660 g/mol. The SMILES string of the molecule is CCOCC(=O)OCOc1c(OC)ccnc1C(=O)NC1COCC(Oc2ccc(F)cc2)C(Oc2ccc(F)cc2)C(C)OC1=O. The van der Waals surface area contributed by atoms with E-state index in [4.69, 9.17) is 37.9 Å². The summed E-state index contributed by atoms with van der Waals surface area (Å²) in [7, 11) is 1.34. The number of carbonyl (C=O) groups excluding carboxylic acids is 3. The number of methoxy groups -OCH3 is 1. The van der Waals surface area contributed by atoms with Crippen LogP contribution in [0.4, 0.5) is 8.78 Å². The second kappa shape index (κ2) is 17.1. The Morgan fingerprint density at radius 3 is 2.28 bits per heavy atom. The first-order valence-corrected chi connectivity index (χ1v) is 14.5. The first kappa shape index (κ1) is 34.8. The van der Waals surface area contributed by atoms with E-state index in [2.05, 4.69) is 10.3 Å². The van der Waals surface area contributed by atoms with E-state index >= 15 is 0 Å². The Hall–Kier alpha value is -5.02. The van der Waals surface area contributed by atoms with Gasteiger partial charge < -0.3 is 43.2 Å². The summed E-state index contributed by atoms with van der Waals surface area (Å²) in [6, 6.07) is 10.6. The molecule has 4 unspecified atom stereocenters. The van der Waals surface area contributed by atoms with Crippen molar-refractivity contribution < 1.29 is 61.1 Å². The lowest BCUT2D eigenvalue weighted by molar-refractivity contribution is -0.157. The molecule has 2 aromatic carbocycles. The average molecular weight is 661 g/mol. The van der Waals surface area contributed by atoms with Crippen molar-refractivity contribution >= 4 is 17.8 Å². The third-order valence-electron chi connectivity index (χ3n) is 6.63. The molecule has 0 saturated carbocycles. The molecule has 1 aromatic heterocycles. The highest BCUT2D eigenvalue weighted by molar-refractivity contribution is 5.98.